The Morgan fingerprint density at radius 2 is 1.13 bits per heavy atom. The van der Waals surface area contributed by atoms with Crippen molar-refractivity contribution in [1.82, 2.24) is 0 Å². The van der Waals surface area contributed by atoms with E-state index in [1.807, 2.05) is 61.0 Å². The highest BCUT2D eigenvalue weighted by Gasteiger charge is 2.08. The summed E-state index contributed by atoms with van der Waals surface area (Å²) in [5.41, 5.74) is 5.49. The third-order valence-electron chi connectivity index (χ3n) is 6.79. The van der Waals surface area contributed by atoms with Crippen LogP contribution in [0.3, 0.4) is 0 Å². The fraction of sp³-hybridized carbons (Fsp3) is 0.146. The molecular formula is C41H45NO7S3. The van der Waals surface area contributed by atoms with Gasteiger partial charge in [0.05, 0.1) is 10.5 Å². The van der Waals surface area contributed by atoms with Crippen LogP contribution in [0.4, 0.5) is 5.69 Å². The maximum absolute atomic E-state index is 11.6. The van der Waals surface area contributed by atoms with Crippen molar-refractivity contribution in [3.05, 3.63) is 157 Å². The molecule has 3 N–H and O–H groups in total. The quantitative estimate of drug-likeness (QED) is 0.0847. The summed E-state index contributed by atoms with van der Waals surface area (Å²) in [6.07, 6.45) is 11.9. The van der Waals surface area contributed by atoms with Gasteiger partial charge in [-0.25, -0.2) is 4.79 Å². The van der Waals surface area contributed by atoms with Gasteiger partial charge in [0.15, 0.2) is 5.78 Å². The molecule has 0 aromatic heterocycles. The lowest BCUT2D eigenvalue weighted by Gasteiger charge is -2.04. The molecule has 52 heavy (non-hydrogen) atoms. The number of hydrogen-bond acceptors (Lipinski definition) is 7. The van der Waals surface area contributed by atoms with Gasteiger partial charge in [0.1, 0.15) is 0 Å². The Labute approximate surface area is 316 Å². The van der Waals surface area contributed by atoms with Crippen LogP contribution in [0, 0.1) is 0 Å². The van der Waals surface area contributed by atoms with Crippen molar-refractivity contribution in [3.8, 4) is 0 Å². The number of carboxylic acid groups (broad SMARTS) is 1. The summed E-state index contributed by atoms with van der Waals surface area (Å²) in [5.74, 6) is 1.12. The van der Waals surface area contributed by atoms with E-state index < -0.39 is 16.1 Å². The van der Waals surface area contributed by atoms with E-state index in [1.165, 1.54) is 18.2 Å². The number of carboxylic acids is 1. The number of rotatable bonds is 14. The van der Waals surface area contributed by atoms with E-state index in [4.69, 9.17) is 9.66 Å². The fourth-order valence-electron chi connectivity index (χ4n) is 3.91. The second kappa shape index (κ2) is 25.1. The SMILES string of the molecule is C=Cc1ccc(C(=O)CCSC)cc1.C=Cc1ccc(NC(=O)CCSC)cc1.C=Cc1ccc(S(=O)(=O)O)cc1.C=Cc1ccccc1C(=O)O. The highest BCUT2D eigenvalue weighted by atomic mass is 32.2. The second-order valence-electron chi connectivity index (χ2n) is 10.5. The highest BCUT2D eigenvalue weighted by Crippen LogP contribution is 2.13. The number of Topliss-reactive ketones (excluding diaryl/α,β-unsaturated/α-hetero) is 1. The first-order valence-corrected chi connectivity index (χ1v) is 20.0. The predicted octanol–water partition coefficient (Wildman–Crippen LogP) is 9.89. The maximum Gasteiger partial charge on any atom is 0.336 e. The largest absolute Gasteiger partial charge is 0.478 e. The van der Waals surface area contributed by atoms with Gasteiger partial charge >= 0.3 is 5.97 Å². The number of aromatic carboxylic acids is 1. The fourth-order valence-corrected chi connectivity index (χ4v) is 5.17. The van der Waals surface area contributed by atoms with Gasteiger partial charge in [0.25, 0.3) is 10.1 Å². The molecule has 0 radical (unpaired) electrons. The summed E-state index contributed by atoms with van der Waals surface area (Å²) in [4.78, 5) is 33.4. The van der Waals surface area contributed by atoms with Crippen molar-refractivity contribution in [1.29, 1.82) is 0 Å². The third kappa shape index (κ3) is 17.8. The molecule has 0 aliphatic rings. The number of ketones is 1. The monoisotopic (exact) mass is 759 g/mol. The first kappa shape index (κ1) is 45.1. The minimum Gasteiger partial charge on any atom is -0.478 e. The molecule has 0 aliphatic heterocycles. The minimum atomic E-state index is -4.06. The van der Waals surface area contributed by atoms with Gasteiger partial charge in [0, 0.05) is 35.6 Å². The smallest absolute Gasteiger partial charge is 0.336 e. The minimum absolute atomic E-state index is 0.0655. The third-order valence-corrected chi connectivity index (χ3v) is 8.88. The number of carbonyl (C=O) groups excluding carboxylic acids is 2. The normalized spacial score (nSPS) is 9.90. The van der Waals surface area contributed by atoms with Crippen LogP contribution < -0.4 is 5.32 Å². The Bertz CT molecular complexity index is 1870. The summed E-state index contributed by atoms with van der Waals surface area (Å²) in [6.45, 7) is 14.4. The Hall–Kier alpha value is -4.94. The van der Waals surface area contributed by atoms with Crippen LogP contribution in [0.15, 0.2) is 128 Å². The number of thioether (sulfide) groups is 2. The van der Waals surface area contributed by atoms with Crippen LogP contribution in [0.5, 0.6) is 0 Å². The molecule has 0 heterocycles. The number of carbonyl (C=O) groups is 3. The zero-order chi connectivity index (χ0) is 38.9. The molecule has 1 amide bonds. The topological polar surface area (TPSA) is 138 Å². The number of hydrogen-bond donors (Lipinski definition) is 3. The lowest BCUT2D eigenvalue weighted by molar-refractivity contribution is -0.115. The first-order valence-electron chi connectivity index (χ1n) is 15.7. The summed E-state index contributed by atoms with van der Waals surface area (Å²) < 4.78 is 29.7. The number of benzene rings is 4. The predicted molar refractivity (Wildman–Crippen MR) is 222 cm³/mol. The molecule has 0 fully saturated rings. The van der Waals surface area contributed by atoms with Crippen molar-refractivity contribution in [2.75, 3.05) is 29.3 Å². The number of nitrogens with one attached hydrogen (secondary N) is 1. The summed E-state index contributed by atoms with van der Waals surface area (Å²) in [7, 11) is -4.06. The van der Waals surface area contributed by atoms with Crippen molar-refractivity contribution in [2.24, 2.45) is 0 Å². The van der Waals surface area contributed by atoms with Gasteiger partial charge < -0.3 is 10.4 Å². The highest BCUT2D eigenvalue weighted by molar-refractivity contribution is 7.98. The zero-order valence-electron chi connectivity index (χ0n) is 29.4. The van der Waals surface area contributed by atoms with Crippen LogP contribution in [-0.2, 0) is 14.9 Å². The molecule has 8 nitrogen and oxygen atoms in total. The van der Waals surface area contributed by atoms with Crippen LogP contribution in [0.1, 0.15) is 55.8 Å². The number of anilines is 1. The van der Waals surface area contributed by atoms with Crippen molar-refractivity contribution < 1.29 is 32.5 Å². The average molecular weight is 760 g/mol. The van der Waals surface area contributed by atoms with E-state index in [1.54, 1.807) is 78.2 Å². The lowest BCUT2D eigenvalue weighted by Crippen LogP contribution is -2.11. The molecule has 0 saturated carbocycles. The Kier molecular flexibility index (Phi) is 21.7. The van der Waals surface area contributed by atoms with Crippen LogP contribution in [0.25, 0.3) is 24.3 Å². The molecular weight excluding hydrogens is 715 g/mol. The van der Waals surface area contributed by atoms with Crippen molar-refractivity contribution in [3.63, 3.8) is 0 Å². The summed E-state index contributed by atoms with van der Waals surface area (Å²) in [5, 5.41) is 11.5. The molecule has 4 aromatic carbocycles. The van der Waals surface area contributed by atoms with Gasteiger partial charge in [-0.15, -0.1) is 0 Å². The van der Waals surface area contributed by atoms with E-state index >= 15 is 0 Å². The van der Waals surface area contributed by atoms with E-state index in [0.29, 0.717) is 24.0 Å². The van der Waals surface area contributed by atoms with Crippen molar-refractivity contribution >= 4 is 81.3 Å². The van der Waals surface area contributed by atoms with Gasteiger partial charge in [-0.1, -0.05) is 117 Å². The Balaban J connectivity index is 0.000000349. The van der Waals surface area contributed by atoms with Gasteiger partial charge in [-0.05, 0) is 65.1 Å². The van der Waals surface area contributed by atoms with Crippen molar-refractivity contribution in [2.45, 2.75) is 17.7 Å². The molecule has 274 valence electrons. The molecule has 0 unspecified atom stereocenters. The lowest BCUT2D eigenvalue weighted by atomic mass is 10.1. The second-order valence-corrected chi connectivity index (χ2v) is 13.8. The molecule has 11 heteroatoms. The van der Waals surface area contributed by atoms with Crippen LogP contribution >= 0.6 is 23.5 Å². The van der Waals surface area contributed by atoms with Crippen LogP contribution in [0.2, 0.25) is 0 Å². The van der Waals surface area contributed by atoms with E-state index in [9.17, 15) is 22.8 Å². The van der Waals surface area contributed by atoms with Gasteiger partial charge in [0.2, 0.25) is 5.91 Å². The molecule has 0 spiro atoms. The summed E-state index contributed by atoms with van der Waals surface area (Å²) >= 11 is 3.37. The average Bonchev–Trinajstić information content (AvgIpc) is 3.16. The maximum atomic E-state index is 11.6. The first-order chi connectivity index (χ1) is 24.8. The number of amides is 1. The Morgan fingerprint density at radius 3 is 1.56 bits per heavy atom. The van der Waals surface area contributed by atoms with E-state index in [2.05, 4.69) is 31.6 Å². The molecule has 0 bridgehead atoms. The van der Waals surface area contributed by atoms with Gasteiger partial charge in [-0.3, -0.25) is 14.1 Å². The van der Waals surface area contributed by atoms with Gasteiger partial charge in [-0.2, -0.15) is 31.9 Å². The Morgan fingerprint density at radius 1 is 0.673 bits per heavy atom. The molecule has 4 aromatic rings. The molecule has 0 saturated heterocycles. The summed E-state index contributed by atoms with van der Waals surface area (Å²) in [6, 6.07) is 27.7. The standard InChI is InChI=1S/C12H15NOS.C12H14OS.C9H8O2.C8H8O3S/c1-3-10-4-6-11(7-5-10)13-12(14)8-9-15-2;1-3-10-4-6-11(7-5-10)12(13)8-9-14-2;1-2-7-5-3-4-6-8(7)9(10)11;1-2-7-3-5-8(6-4-7)12(9,10)11/h3-7H,1,8-9H2,2H3,(H,13,14);3-7H,1,8-9H2,2H3;2-6H,1H2,(H,10,11);2-6H,1H2,(H,9,10,11). The molecule has 0 atom stereocenters. The van der Waals surface area contributed by atoms with E-state index in [-0.39, 0.29) is 16.6 Å². The molecule has 0 aliphatic carbocycles. The zero-order valence-corrected chi connectivity index (χ0v) is 31.8. The molecule has 4 rings (SSSR count). The van der Waals surface area contributed by atoms with Crippen LogP contribution in [-0.4, -0.2) is 59.8 Å². The van der Waals surface area contributed by atoms with E-state index in [0.717, 1.165) is 39.4 Å².